The van der Waals surface area contributed by atoms with E-state index in [1.165, 1.54) is 21.3 Å². The number of fused-ring (bicyclic) bond motifs is 1. The normalized spacial score (nSPS) is 11.2. The van der Waals surface area contributed by atoms with Gasteiger partial charge in [0.25, 0.3) is 5.56 Å². The van der Waals surface area contributed by atoms with Crippen molar-refractivity contribution < 1.29 is 9.18 Å². The molecule has 0 radical (unpaired) electrons. The van der Waals surface area contributed by atoms with E-state index in [-0.39, 0.29) is 41.1 Å². The van der Waals surface area contributed by atoms with Crippen LogP contribution in [0.3, 0.4) is 0 Å². The maximum absolute atomic E-state index is 12.9. The molecule has 0 fully saturated rings. The molecular formula is C22H27ClFN5O3. The summed E-state index contributed by atoms with van der Waals surface area (Å²) in [5.41, 5.74) is 0.418. The molecule has 3 aromatic rings. The monoisotopic (exact) mass is 463 g/mol. The van der Waals surface area contributed by atoms with Gasteiger partial charge >= 0.3 is 5.69 Å². The number of nitrogens with one attached hydrogen (secondary N) is 2. The van der Waals surface area contributed by atoms with Gasteiger partial charge in [-0.2, -0.15) is 4.98 Å². The Kier molecular flexibility index (Phi) is 8.21. The lowest BCUT2D eigenvalue weighted by atomic mass is 10.2. The Labute approximate surface area is 189 Å². The average Bonchev–Trinajstić information content (AvgIpc) is 3.16. The minimum atomic E-state index is -0.461. The minimum Gasteiger partial charge on any atom is -0.352 e. The van der Waals surface area contributed by atoms with E-state index < -0.39 is 11.2 Å². The Morgan fingerprint density at radius 1 is 1.09 bits per heavy atom. The van der Waals surface area contributed by atoms with Gasteiger partial charge in [0.15, 0.2) is 11.2 Å². The molecule has 2 heterocycles. The van der Waals surface area contributed by atoms with Crippen molar-refractivity contribution in [2.24, 2.45) is 0 Å². The molecule has 172 valence electrons. The lowest BCUT2D eigenvalue weighted by molar-refractivity contribution is -0.121. The summed E-state index contributed by atoms with van der Waals surface area (Å²) >= 11 is 5.94. The van der Waals surface area contributed by atoms with Crippen LogP contribution in [0.4, 0.5) is 4.39 Å². The van der Waals surface area contributed by atoms with Crippen LogP contribution in [0.25, 0.3) is 11.2 Å². The van der Waals surface area contributed by atoms with E-state index in [0.717, 1.165) is 24.8 Å². The molecule has 0 aliphatic rings. The number of benzene rings is 1. The highest BCUT2D eigenvalue weighted by Crippen LogP contribution is 2.11. The number of nitrogens with zero attached hydrogens (tertiary/aromatic N) is 3. The molecule has 0 aliphatic carbocycles. The standard InChI is InChI=1S/C22H27ClFN5O3/c1-2-3-5-12-28-19-18(26-21(23)27-19)20(31)29(22(28)32)13-6-4-7-17(30)25-14-15-8-10-16(24)11-9-15/h8-11H,2-7,12-14H2,1H3,(H,25,30)(H,26,27). The van der Waals surface area contributed by atoms with E-state index >= 15 is 0 Å². The second kappa shape index (κ2) is 11.1. The number of hydrogen-bond acceptors (Lipinski definition) is 4. The van der Waals surface area contributed by atoms with Crippen LogP contribution in [0.2, 0.25) is 5.28 Å². The SMILES string of the molecule is CCCCCn1c(=O)n(CCCCC(=O)NCc2ccc(F)cc2)c(=O)c2[nH]c(Cl)nc21. The van der Waals surface area contributed by atoms with Gasteiger partial charge in [-0.1, -0.05) is 31.9 Å². The van der Waals surface area contributed by atoms with Crippen LogP contribution < -0.4 is 16.6 Å². The number of unbranched alkanes of at least 4 members (excludes halogenated alkanes) is 3. The smallest absolute Gasteiger partial charge is 0.332 e. The molecule has 0 saturated carbocycles. The van der Waals surface area contributed by atoms with Gasteiger partial charge in [0.05, 0.1) is 0 Å². The maximum atomic E-state index is 12.9. The number of aromatic nitrogens is 4. The van der Waals surface area contributed by atoms with E-state index in [1.807, 2.05) is 0 Å². The van der Waals surface area contributed by atoms with Crippen LogP contribution in [0, 0.1) is 5.82 Å². The topological polar surface area (TPSA) is 102 Å². The molecule has 10 heteroatoms. The quantitative estimate of drug-likeness (QED) is 0.336. The molecule has 2 aromatic heterocycles. The summed E-state index contributed by atoms with van der Waals surface area (Å²) in [5, 5.41) is 2.85. The summed E-state index contributed by atoms with van der Waals surface area (Å²) in [6.45, 7) is 3.04. The van der Waals surface area contributed by atoms with E-state index in [4.69, 9.17) is 11.6 Å². The molecule has 2 N–H and O–H groups in total. The van der Waals surface area contributed by atoms with Gasteiger partial charge in [-0.25, -0.2) is 9.18 Å². The Morgan fingerprint density at radius 2 is 1.78 bits per heavy atom. The highest BCUT2D eigenvalue weighted by molar-refractivity contribution is 6.28. The summed E-state index contributed by atoms with van der Waals surface area (Å²) < 4.78 is 15.6. The van der Waals surface area contributed by atoms with Crippen molar-refractivity contribution in [3.05, 3.63) is 61.8 Å². The Hall–Kier alpha value is -2.94. The number of aromatic amines is 1. The number of hydrogen-bond donors (Lipinski definition) is 2. The number of H-pyrrole nitrogens is 1. The van der Waals surface area contributed by atoms with Crippen molar-refractivity contribution in [1.82, 2.24) is 24.4 Å². The van der Waals surface area contributed by atoms with Gasteiger partial charge in [-0.05, 0) is 48.6 Å². The molecule has 0 spiro atoms. The number of rotatable bonds is 11. The van der Waals surface area contributed by atoms with Crippen LogP contribution in [0.15, 0.2) is 33.9 Å². The lowest BCUT2D eigenvalue weighted by Gasteiger charge is -2.11. The zero-order valence-electron chi connectivity index (χ0n) is 18.0. The Bertz CT molecular complexity index is 1180. The summed E-state index contributed by atoms with van der Waals surface area (Å²) in [6.07, 6.45) is 4.02. The first-order valence-corrected chi connectivity index (χ1v) is 11.2. The molecule has 0 unspecified atom stereocenters. The largest absolute Gasteiger partial charge is 0.352 e. The molecule has 0 atom stereocenters. The Balaban J connectivity index is 1.60. The van der Waals surface area contributed by atoms with Crippen LogP contribution in [0.1, 0.15) is 51.0 Å². The van der Waals surface area contributed by atoms with Crippen LogP contribution in [0.5, 0.6) is 0 Å². The molecule has 1 aromatic carbocycles. The third kappa shape index (κ3) is 5.85. The fourth-order valence-electron chi connectivity index (χ4n) is 3.50. The van der Waals surface area contributed by atoms with E-state index in [9.17, 15) is 18.8 Å². The van der Waals surface area contributed by atoms with E-state index in [1.54, 1.807) is 12.1 Å². The first kappa shape index (κ1) is 23.7. The molecule has 0 saturated heterocycles. The van der Waals surface area contributed by atoms with Crippen LogP contribution in [-0.2, 0) is 24.4 Å². The number of carbonyl (C=O) groups excluding carboxylic acids is 1. The number of halogens is 2. The third-order valence-corrected chi connectivity index (χ3v) is 5.44. The minimum absolute atomic E-state index is 0.0660. The molecule has 0 aliphatic heterocycles. The zero-order chi connectivity index (χ0) is 23.1. The molecular weight excluding hydrogens is 437 g/mol. The molecule has 1 amide bonds. The molecule has 3 rings (SSSR count). The second-order valence-corrected chi connectivity index (χ2v) is 8.04. The van der Waals surface area contributed by atoms with E-state index in [2.05, 4.69) is 22.2 Å². The van der Waals surface area contributed by atoms with Gasteiger partial charge in [-0.15, -0.1) is 0 Å². The highest BCUT2D eigenvalue weighted by Gasteiger charge is 2.16. The van der Waals surface area contributed by atoms with E-state index in [0.29, 0.717) is 25.9 Å². The summed E-state index contributed by atoms with van der Waals surface area (Å²) in [5.74, 6) is -0.468. The molecule has 0 bridgehead atoms. The number of carbonyl (C=O) groups is 1. The van der Waals surface area contributed by atoms with Gasteiger partial charge in [-0.3, -0.25) is 18.7 Å². The summed E-state index contributed by atoms with van der Waals surface area (Å²) in [4.78, 5) is 44.6. The van der Waals surface area contributed by atoms with Gasteiger partial charge < -0.3 is 10.3 Å². The van der Waals surface area contributed by atoms with Crippen molar-refractivity contribution in [2.75, 3.05) is 0 Å². The molecule has 8 nitrogen and oxygen atoms in total. The van der Waals surface area contributed by atoms with Crippen molar-refractivity contribution in [2.45, 2.75) is 65.1 Å². The Morgan fingerprint density at radius 3 is 2.50 bits per heavy atom. The maximum Gasteiger partial charge on any atom is 0.332 e. The predicted molar refractivity (Wildman–Crippen MR) is 121 cm³/mol. The number of aryl methyl sites for hydroxylation is 1. The van der Waals surface area contributed by atoms with Gasteiger partial charge in [0.2, 0.25) is 11.2 Å². The zero-order valence-corrected chi connectivity index (χ0v) is 18.8. The summed E-state index contributed by atoms with van der Waals surface area (Å²) in [7, 11) is 0. The van der Waals surface area contributed by atoms with Crippen LogP contribution in [-0.4, -0.2) is 25.0 Å². The fourth-order valence-corrected chi connectivity index (χ4v) is 3.68. The highest BCUT2D eigenvalue weighted by atomic mass is 35.5. The van der Waals surface area contributed by atoms with Crippen molar-refractivity contribution in [1.29, 1.82) is 0 Å². The van der Waals surface area contributed by atoms with Gasteiger partial charge in [0.1, 0.15) is 5.82 Å². The van der Waals surface area contributed by atoms with Crippen molar-refractivity contribution >= 4 is 28.7 Å². The van der Waals surface area contributed by atoms with Crippen molar-refractivity contribution in [3.63, 3.8) is 0 Å². The molecule has 32 heavy (non-hydrogen) atoms. The predicted octanol–water partition coefficient (Wildman–Crippen LogP) is 3.36. The van der Waals surface area contributed by atoms with Gasteiger partial charge in [0, 0.05) is 26.1 Å². The van der Waals surface area contributed by atoms with Crippen LogP contribution >= 0.6 is 11.6 Å². The third-order valence-electron chi connectivity index (χ3n) is 5.26. The second-order valence-electron chi connectivity index (χ2n) is 7.68. The van der Waals surface area contributed by atoms with Crippen molar-refractivity contribution in [3.8, 4) is 0 Å². The summed E-state index contributed by atoms with van der Waals surface area (Å²) in [6, 6.07) is 5.92. The first-order valence-electron chi connectivity index (χ1n) is 10.8. The fraction of sp³-hybridized carbons (Fsp3) is 0.455. The lowest BCUT2D eigenvalue weighted by Crippen LogP contribution is -2.40. The average molecular weight is 464 g/mol. The number of amides is 1. The first-order chi connectivity index (χ1) is 15.4. The number of imidazole rings is 1.